The minimum Gasteiger partial charge on any atom is -0.491 e. The summed E-state index contributed by atoms with van der Waals surface area (Å²) in [5, 5.41) is 27.3. The normalized spacial score (nSPS) is 11.8. The van der Waals surface area contributed by atoms with Crippen molar-refractivity contribution in [3.8, 4) is 23.1 Å². The molecular formula is C17H15N3O2S. The van der Waals surface area contributed by atoms with E-state index in [2.05, 4.69) is 5.10 Å². The van der Waals surface area contributed by atoms with E-state index in [0.717, 1.165) is 11.3 Å². The van der Waals surface area contributed by atoms with Crippen LogP contribution in [0.25, 0.3) is 11.3 Å². The second-order valence-corrected chi connectivity index (χ2v) is 5.82. The molecule has 3 aromatic rings. The van der Waals surface area contributed by atoms with Crippen molar-refractivity contribution in [1.29, 1.82) is 5.26 Å². The van der Waals surface area contributed by atoms with Crippen LogP contribution >= 0.6 is 11.3 Å². The van der Waals surface area contributed by atoms with Crippen molar-refractivity contribution in [2.75, 3.05) is 6.61 Å². The number of thiophene rings is 1. The number of ether oxygens (including phenoxy) is 1. The third-order valence-corrected chi connectivity index (χ3v) is 3.96. The van der Waals surface area contributed by atoms with E-state index >= 15 is 0 Å². The van der Waals surface area contributed by atoms with Crippen LogP contribution in [-0.2, 0) is 6.54 Å². The minimum absolute atomic E-state index is 0.166. The molecule has 0 saturated heterocycles. The molecule has 0 aliphatic carbocycles. The van der Waals surface area contributed by atoms with Gasteiger partial charge in [0.1, 0.15) is 18.5 Å². The molecule has 2 heterocycles. The largest absolute Gasteiger partial charge is 0.491 e. The number of nitriles is 1. The average Bonchev–Trinajstić information content (AvgIpc) is 3.24. The first-order chi connectivity index (χ1) is 11.2. The maximum absolute atomic E-state index is 10.1. The lowest BCUT2D eigenvalue weighted by molar-refractivity contribution is 0.0894. The van der Waals surface area contributed by atoms with Gasteiger partial charge in [0.2, 0.25) is 0 Å². The van der Waals surface area contributed by atoms with Crippen LogP contribution in [0.1, 0.15) is 5.56 Å². The SMILES string of the molecule is N#Cc1ccc(OC[C@@H](O)Cn2ccc(-c3ccsc3)n2)cc1. The lowest BCUT2D eigenvalue weighted by Crippen LogP contribution is -2.23. The highest BCUT2D eigenvalue weighted by atomic mass is 32.1. The molecule has 0 fully saturated rings. The van der Waals surface area contributed by atoms with Crippen LogP contribution < -0.4 is 4.74 Å². The molecule has 1 N–H and O–H groups in total. The molecule has 5 nitrogen and oxygen atoms in total. The molecule has 0 spiro atoms. The summed E-state index contributed by atoms with van der Waals surface area (Å²) < 4.78 is 7.23. The Morgan fingerprint density at radius 3 is 2.78 bits per heavy atom. The highest BCUT2D eigenvalue weighted by Crippen LogP contribution is 2.19. The molecule has 2 aromatic heterocycles. The number of aromatic nitrogens is 2. The van der Waals surface area contributed by atoms with Gasteiger partial charge in [-0.25, -0.2) is 0 Å². The lowest BCUT2D eigenvalue weighted by atomic mass is 10.2. The number of nitrogens with zero attached hydrogens (tertiary/aromatic N) is 3. The van der Waals surface area contributed by atoms with Crippen molar-refractivity contribution in [1.82, 2.24) is 9.78 Å². The Morgan fingerprint density at radius 1 is 1.26 bits per heavy atom. The standard InChI is InChI=1S/C17H15N3O2S/c18-9-13-1-3-16(4-2-13)22-11-15(21)10-20-7-5-17(19-20)14-6-8-23-12-14/h1-8,12,15,21H,10-11H2/t15-/m0/s1. The van der Waals surface area contributed by atoms with E-state index in [-0.39, 0.29) is 6.61 Å². The first-order valence-electron chi connectivity index (χ1n) is 7.11. The van der Waals surface area contributed by atoms with Gasteiger partial charge in [0.05, 0.1) is 23.9 Å². The van der Waals surface area contributed by atoms with E-state index < -0.39 is 6.10 Å². The van der Waals surface area contributed by atoms with Crippen molar-refractivity contribution >= 4 is 11.3 Å². The van der Waals surface area contributed by atoms with Gasteiger partial charge < -0.3 is 9.84 Å². The van der Waals surface area contributed by atoms with Crippen molar-refractivity contribution in [3.63, 3.8) is 0 Å². The van der Waals surface area contributed by atoms with E-state index in [1.807, 2.05) is 35.2 Å². The van der Waals surface area contributed by atoms with Crippen molar-refractivity contribution in [2.45, 2.75) is 12.6 Å². The van der Waals surface area contributed by atoms with Crippen LogP contribution in [0.3, 0.4) is 0 Å². The third kappa shape index (κ3) is 3.97. The lowest BCUT2D eigenvalue weighted by Gasteiger charge is -2.12. The minimum atomic E-state index is -0.666. The van der Waals surface area contributed by atoms with Crippen molar-refractivity contribution < 1.29 is 9.84 Å². The maximum atomic E-state index is 10.1. The molecule has 0 bridgehead atoms. The van der Waals surface area contributed by atoms with Gasteiger partial charge in [-0.3, -0.25) is 4.68 Å². The molecule has 0 saturated carbocycles. The highest BCUT2D eigenvalue weighted by molar-refractivity contribution is 7.08. The number of rotatable bonds is 6. The van der Waals surface area contributed by atoms with Gasteiger partial charge in [-0.05, 0) is 41.8 Å². The van der Waals surface area contributed by atoms with Gasteiger partial charge in [0.15, 0.2) is 0 Å². The van der Waals surface area contributed by atoms with Gasteiger partial charge in [-0.15, -0.1) is 0 Å². The smallest absolute Gasteiger partial charge is 0.119 e. The van der Waals surface area contributed by atoms with Crippen LogP contribution in [0.15, 0.2) is 53.4 Å². The van der Waals surface area contributed by atoms with Crippen LogP contribution in [0.2, 0.25) is 0 Å². The van der Waals surface area contributed by atoms with E-state index in [9.17, 15) is 5.11 Å². The number of benzene rings is 1. The summed E-state index contributed by atoms with van der Waals surface area (Å²) >= 11 is 1.63. The topological polar surface area (TPSA) is 71.1 Å². The predicted molar refractivity (Wildman–Crippen MR) is 88.2 cm³/mol. The summed E-state index contributed by atoms with van der Waals surface area (Å²) in [5.74, 6) is 0.627. The molecule has 1 aromatic carbocycles. The molecule has 0 unspecified atom stereocenters. The number of aliphatic hydroxyl groups excluding tert-OH is 1. The van der Waals surface area contributed by atoms with Gasteiger partial charge >= 0.3 is 0 Å². The van der Waals surface area contributed by atoms with Gasteiger partial charge in [-0.2, -0.15) is 21.7 Å². The molecule has 6 heteroatoms. The van der Waals surface area contributed by atoms with E-state index in [1.165, 1.54) is 0 Å². The number of hydrogen-bond acceptors (Lipinski definition) is 5. The summed E-state index contributed by atoms with van der Waals surface area (Å²) in [5.41, 5.74) is 2.55. The number of hydrogen-bond donors (Lipinski definition) is 1. The van der Waals surface area contributed by atoms with Gasteiger partial charge in [-0.1, -0.05) is 0 Å². The summed E-state index contributed by atoms with van der Waals surface area (Å²) in [4.78, 5) is 0. The Kier molecular flexibility index (Phi) is 4.71. The molecule has 0 radical (unpaired) electrons. The zero-order valence-corrected chi connectivity index (χ0v) is 13.1. The molecule has 116 valence electrons. The van der Waals surface area contributed by atoms with Crippen LogP contribution in [0.4, 0.5) is 0 Å². The highest BCUT2D eigenvalue weighted by Gasteiger charge is 2.09. The molecule has 1 atom stereocenters. The monoisotopic (exact) mass is 325 g/mol. The Hall–Kier alpha value is -2.62. The zero-order chi connectivity index (χ0) is 16.1. The van der Waals surface area contributed by atoms with Crippen molar-refractivity contribution in [2.24, 2.45) is 0 Å². The fourth-order valence-electron chi connectivity index (χ4n) is 2.11. The fraction of sp³-hybridized carbons (Fsp3) is 0.176. The molecular weight excluding hydrogens is 310 g/mol. The van der Waals surface area contributed by atoms with Crippen LogP contribution in [0.5, 0.6) is 5.75 Å². The molecule has 0 aliphatic rings. The van der Waals surface area contributed by atoms with Crippen LogP contribution in [-0.4, -0.2) is 27.6 Å². The summed E-state index contributed by atoms with van der Waals surface area (Å²) in [7, 11) is 0. The Morgan fingerprint density at radius 2 is 2.09 bits per heavy atom. The Balaban J connectivity index is 1.53. The maximum Gasteiger partial charge on any atom is 0.119 e. The summed E-state index contributed by atoms with van der Waals surface area (Å²) in [6, 6.07) is 12.8. The van der Waals surface area contributed by atoms with Gasteiger partial charge in [0, 0.05) is 17.1 Å². The fourth-order valence-corrected chi connectivity index (χ4v) is 2.76. The molecule has 0 amide bonds. The molecule has 0 aliphatic heterocycles. The van der Waals surface area contributed by atoms with Crippen LogP contribution in [0, 0.1) is 11.3 Å². The second kappa shape index (κ2) is 7.09. The summed E-state index contributed by atoms with van der Waals surface area (Å²) in [6.07, 6.45) is 1.18. The quantitative estimate of drug-likeness (QED) is 0.756. The second-order valence-electron chi connectivity index (χ2n) is 5.04. The van der Waals surface area contributed by atoms with E-state index in [0.29, 0.717) is 17.9 Å². The first kappa shape index (κ1) is 15.3. The Bertz CT molecular complexity index is 788. The average molecular weight is 325 g/mol. The molecule has 23 heavy (non-hydrogen) atoms. The predicted octanol–water partition coefficient (Wildman–Crippen LogP) is 2.92. The zero-order valence-electron chi connectivity index (χ0n) is 12.3. The third-order valence-electron chi connectivity index (χ3n) is 3.28. The Labute approximate surface area is 138 Å². The summed E-state index contributed by atoms with van der Waals surface area (Å²) in [6.45, 7) is 0.528. The van der Waals surface area contributed by atoms with E-state index in [4.69, 9.17) is 10.00 Å². The van der Waals surface area contributed by atoms with E-state index in [1.54, 1.807) is 40.3 Å². The van der Waals surface area contributed by atoms with Crippen molar-refractivity contribution in [3.05, 3.63) is 58.9 Å². The molecule has 3 rings (SSSR count). The number of aliphatic hydroxyl groups is 1. The van der Waals surface area contributed by atoms with Gasteiger partial charge in [0.25, 0.3) is 0 Å². The first-order valence-corrected chi connectivity index (χ1v) is 8.06.